The first-order chi connectivity index (χ1) is 13.4. The van der Waals surface area contributed by atoms with Crippen molar-refractivity contribution in [3.05, 3.63) is 74.6 Å². The molecule has 28 heavy (non-hydrogen) atoms. The minimum absolute atomic E-state index is 0.375. The Balaban J connectivity index is 1.66. The predicted molar refractivity (Wildman–Crippen MR) is 112 cm³/mol. The Morgan fingerprint density at radius 1 is 1.14 bits per heavy atom. The number of nitrogen functional groups attached to an aromatic ring is 1. The molecule has 142 valence electrons. The number of rotatable bonds is 4. The van der Waals surface area contributed by atoms with Crippen molar-refractivity contribution >= 4 is 34.3 Å². The van der Waals surface area contributed by atoms with Gasteiger partial charge in [-0.3, -0.25) is 0 Å². The zero-order valence-corrected chi connectivity index (χ0v) is 16.8. The van der Waals surface area contributed by atoms with Crippen LogP contribution in [0.5, 0.6) is 0 Å². The molecule has 0 unspecified atom stereocenters. The van der Waals surface area contributed by atoms with Gasteiger partial charge in [-0.15, -0.1) is 10.2 Å². The average Bonchev–Trinajstić information content (AvgIpc) is 3.02. The Bertz CT molecular complexity index is 1250. The summed E-state index contributed by atoms with van der Waals surface area (Å²) in [4.78, 5) is 12.0. The van der Waals surface area contributed by atoms with Crippen LogP contribution < -0.4 is 11.5 Å². The summed E-state index contributed by atoms with van der Waals surface area (Å²) in [5.41, 5.74) is 4.07. The van der Waals surface area contributed by atoms with Crippen molar-refractivity contribution < 1.29 is 4.42 Å². The molecule has 0 radical (unpaired) electrons. The summed E-state index contributed by atoms with van der Waals surface area (Å²) in [6.07, 6.45) is 0. The molecule has 0 bridgehead atoms. The minimum atomic E-state index is -0.375. The fourth-order valence-electron chi connectivity index (χ4n) is 2.94. The number of hydrogen-bond donors (Lipinski definition) is 1. The average molecular weight is 413 g/mol. The van der Waals surface area contributed by atoms with E-state index in [-0.39, 0.29) is 5.63 Å². The molecule has 6 nitrogen and oxygen atoms in total. The highest BCUT2D eigenvalue weighted by atomic mass is 35.5. The van der Waals surface area contributed by atoms with Gasteiger partial charge in [0, 0.05) is 27.8 Å². The topological polar surface area (TPSA) is 86.9 Å². The third-order valence-corrected chi connectivity index (χ3v) is 5.78. The number of nitrogens with zero attached hydrogens (tertiary/aromatic N) is 3. The van der Waals surface area contributed by atoms with E-state index in [4.69, 9.17) is 21.9 Å². The summed E-state index contributed by atoms with van der Waals surface area (Å²) in [6, 6.07) is 12.7. The van der Waals surface area contributed by atoms with Crippen LogP contribution in [0, 0.1) is 13.8 Å². The van der Waals surface area contributed by atoms with Crippen molar-refractivity contribution in [2.24, 2.45) is 0 Å². The molecule has 2 aromatic carbocycles. The molecule has 0 aliphatic heterocycles. The van der Waals surface area contributed by atoms with Crippen LogP contribution >= 0.6 is 23.4 Å². The SMILES string of the molecule is Cc1cc2oc(=O)cc(CSc3nnc(-c4cccc(Cl)c4)n3N)c2cc1C. The lowest BCUT2D eigenvalue weighted by molar-refractivity contribution is 0.559. The Morgan fingerprint density at radius 2 is 1.93 bits per heavy atom. The summed E-state index contributed by atoms with van der Waals surface area (Å²) in [5, 5.41) is 10.4. The summed E-state index contributed by atoms with van der Waals surface area (Å²) < 4.78 is 6.78. The van der Waals surface area contributed by atoms with Crippen LogP contribution in [0.4, 0.5) is 0 Å². The molecule has 8 heteroatoms. The van der Waals surface area contributed by atoms with Crippen LogP contribution in [-0.2, 0) is 5.75 Å². The van der Waals surface area contributed by atoms with Gasteiger partial charge in [0.1, 0.15) is 5.58 Å². The third-order valence-electron chi connectivity index (χ3n) is 4.55. The zero-order valence-electron chi connectivity index (χ0n) is 15.3. The van der Waals surface area contributed by atoms with Gasteiger partial charge in [0.2, 0.25) is 5.16 Å². The molecule has 2 heterocycles. The lowest BCUT2D eigenvalue weighted by Gasteiger charge is -2.08. The van der Waals surface area contributed by atoms with Crippen molar-refractivity contribution in [3.8, 4) is 11.4 Å². The van der Waals surface area contributed by atoms with E-state index in [9.17, 15) is 4.79 Å². The van der Waals surface area contributed by atoms with E-state index in [0.29, 0.717) is 27.3 Å². The maximum atomic E-state index is 12.0. The zero-order chi connectivity index (χ0) is 19.8. The molecular weight excluding hydrogens is 396 g/mol. The highest BCUT2D eigenvalue weighted by Gasteiger charge is 2.14. The normalized spacial score (nSPS) is 11.2. The standard InChI is InChI=1S/C20H17ClN4O2S/c1-11-6-16-14(9-18(26)27-17(16)7-12(11)2)10-28-20-24-23-19(25(20)22)13-4-3-5-15(21)8-13/h3-9H,10,22H2,1-2H3. The van der Waals surface area contributed by atoms with E-state index in [1.807, 2.05) is 38.1 Å². The molecule has 0 atom stereocenters. The minimum Gasteiger partial charge on any atom is -0.423 e. The van der Waals surface area contributed by atoms with Crippen molar-refractivity contribution in [1.29, 1.82) is 0 Å². The summed E-state index contributed by atoms with van der Waals surface area (Å²) in [6.45, 7) is 4.02. The molecule has 4 rings (SSSR count). The number of thioether (sulfide) groups is 1. The Morgan fingerprint density at radius 3 is 2.71 bits per heavy atom. The van der Waals surface area contributed by atoms with Crippen LogP contribution in [0.2, 0.25) is 5.02 Å². The molecule has 0 amide bonds. The number of fused-ring (bicyclic) bond motifs is 1. The monoisotopic (exact) mass is 412 g/mol. The second-order valence-electron chi connectivity index (χ2n) is 6.50. The van der Waals surface area contributed by atoms with Gasteiger partial charge < -0.3 is 10.3 Å². The molecule has 0 spiro atoms. The number of aromatic nitrogens is 3. The Kier molecular flexibility index (Phi) is 4.87. The molecule has 0 aliphatic rings. The van der Waals surface area contributed by atoms with Gasteiger partial charge in [-0.1, -0.05) is 35.5 Å². The van der Waals surface area contributed by atoms with Gasteiger partial charge in [0.05, 0.1) is 0 Å². The second kappa shape index (κ2) is 7.33. The molecule has 4 aromatic rings. The van der Waals surface area contributed by atoms with Gasteiger partial charge in [0.25, 0.3) is 0 Å². The third kappa shape index (κ3) is 3.50. The first-order valence-electron chi connectivity index (χ1n) is 8.55. The highest BCUT2D eigenvalue weighted by Crippen LogP contribution is 2.29. The van der Waals surface area contributed by atoms with Crippen LogP contribution in [0.25, 0.3) is 22.4 Å². The number of halogens is 1. The number of benzene rings is 2. The van der Waals surface area contributed by atoms with Crippen LogP contribution in [-0.4, -0.2) is 14.9 Å². The second-order valence-corrected chi connectivity index (χ2v) is 7.88. The van der Waals surface area contributed by atoms with E-state index >= 15 is 0 Å². The molecule has 0 saturated heterocycles. The van der Waals surface area contributed by atoms with Crippen LogP contribution in [0.15, 0.2) is 56.8 Å². The van der Waals surface area contributed by atoms with E-state index in [0.717, 1.165) is 27.6 Å². The van der Waals surface area contributed by atoms with E-state index in [1.54, 1.807) is 12.1 Å². The van der Waals surface area contributed by atoms with Crippen LogP contribution in [0.3, 0.4) is 0 Å². The number of nitrogens with two attached hydrogens (primary N) is 1. The maximum Gasteiger partial charge on any atom is 0.336 e. The van der Waals surface area contributed by atoms with Gasteiger partial charge in [0.15, 0.2) is 5.82 Å². The molecular formula is C20H17ClN4O2S. The molecule has 2 aromatic heterocycles. The molecule has 0 aliphatic carbocycles. The Labute approximate surface area is 170 Å². The summed E-state index contributed by atoms with van der Waals surface area (Å²) in [5.74, 6) is 7.22. The smallest absolute Gasteiger partial charge is 0.336 e. The lowest BCUT2D eigenvalue weighted by Crippen LogP contribution is -2.11. The van der Waals surface area contributed by atoms with Crippen molar-refractivity contribution in [1.82, 2.24) is 14.9 Å². The first kappa shape index (κ1) is 18.6. The molecule has 0 fully saturated rings. The van der Waals surface area contributed by atoms with Gasteiger partial charge in [-0.05, 0) is 54.8 Å². The summed E-state index contributed by atoms with van der Waals surface area (Å²) in [7, 11) is 0. The fourth-order valence-corrected chi connectivity index (χ4v) is 3.98. The van der Waals surface area contributed by atoms with E-state index < -0.39 is 0 Å². The lowest BCUT2D eigenvalue weighted by atomic mass is 10.0. The van der Waals surface area contributed by atoms with Gasteiger partial charge in [-0.25, -0.2) is 9.47 Å². The predicted octanol–water partition coefficient (Wildman–Crippen LogP) is 4.33. The van der Waals surface area contributed by atoms with Crippen molar-refractivity contribution in [2.45, 2.75) is 24.8 Å². The fraction of sp³-hybridized carbons (Fsp3) is 0.150. The molecule has 2 N–H and O–H groups in total. The number of hydrogen-bond acceptors (Lipinski definition) is 6. The largest absolute Gasteiger partial charge is 0.423 e. The quantitative estimate of drug-likeness (QED) is 0.305. The Hall–Kier alpha value is -2.77. The summed E-state index contributed by atoms with van der Waals surface area (Å²) >= 11 is 7.45. The van der Waals surface area contributed by atoms with E-state index in [1.165, 1.54) is 22.5 Å². The first-order valence-corrected chi connectivity index (χ1v) is 9.92. The van der Waals surface area contributed by atoms with Crippen LogP contribution in [0.1, 0.15) is 16.7 Å². The highest BCUT2D eigenvalue weighted by molar-refractivity contribution is 7.98. The molecule has 0 saturated carbocycles. The van der Waals surface area contributed by atoms with Crippen molar-refractivity contribution in [2.75, 3.05) is 5.84 Å². The number of aryl methyl sites for hydroxylation is 2. The van der Waals surface area contributed by atoms with Gasteiger partial charge in [-0.2, -0.15) is 0 Å². The van der Waals surface area contributed by atoms with Gasteiger partial charge >= 0.3 is 5.63 Å². The van der Waals surface area contributed by atoms with Crippen molar-refractivity contribution in [3.63, 3.8) is 0 Å². The van der Waals surface area contributed by atoms with E-state index in [2.05, 4.69) is 10.2 Å². The maximum absolute atomic E-state index is 12.0.